The molecule has 0 radical (unpaired) electrons. The summed E-state index contributed by atoms with van der Waals surface area (Å²) in [6.07, 6.45) is 3.13. The molecule has 2 nitrogen and oxygen atoms in total. The number of piperazine rings is 1. The molecule has 20 heavy (non-hydrogen) atoms. The molecule has 0 aromatic heterocycles. The minimum absolute atomic E-state index is 0. The molecule has 0 unspecified atom stereocenters. The predicted octanol–water partition coefficient (Wildman–Crippen LogP) is 3.52. The molecule has 0 saturated carbocycles. The summed E-state index contributed by atoms with van der Waals surface area (Å²) in [4.78, 5) is 2.33. The zero-order chi connectivity index (χ0) is 13.7. The van der Waals surface area contributed by atoms with Crippen LogP contribution in [0, 0.1) is 11.6 Å². The fourth-order valence-corrected chi connectivity index (χ4v) is 2.72. The summed E-state index contributed by atoms with van der Waals surface area (Å²) in [5, 5.41) is 3.31. The van der Waals surface area contributed by atoms with E-state index in [1.54, 1.807) is 0 Å². The summed E-state index contributed by atoms with van der Waals surface area (Å²) in [5.41, 5.74) is 0.771. The van der Waals surface area contributed by atoms with E-state index in [-0.39, 0.29) is 18.4 Å². The average Bonchev–Trinajstić information content (AvgIpc) is 2.39. The van der Waals surface area contributed by atoms with Gasteiger partial charge in [-0.15, -0.1) is 12.4 Å². The van der Waals surface area contributed by atoms with Gasteiger partial charge in [0, 0.05) is 38.3 Å². The van der Waals surface area contributed by atoms with E-state index in [2.05, 4.69) is 17.1 Å². The van der Waals surface area contributed by atoms with Crippen molar-refractivity contribution in [2.24, 2.45) is 0 Å². The van der Waals surface area contributed by atoms with Gasteiger partial charge in [-0.1, -0.05) is 19.8 Å². The van der Waals surface area contributed by atoms with Crippen molar-refractivity contribution in [3.05, 3.63) is 35.4 Å². The third-order valence-electron chi connectivity index (χ3n) is 3.69. The number of hydrogen-bond donors (Lipinski definition) is 1. The summed E-state index contributed by atoms with van der Waals surface area (Å²) >= 11 is 0. The van der Waals surface area contributed by atoms with Gasteiger partial charge >= 0.3 is 0 Å². The van der Waals surface area contributed by atoms with Gasteiger partial charge in [0.05, 0.1) is 0 Å². The molecule has 0 bridgehead atoms. The van der Waals surface area contributed by atoms with Crippen molar-refractivity contribution in [3.63, 3.8) is 0 Å². The van der Waals surface area contributed by atoms with Crippen LogP contribution in [0.1, 0.15) is 37.8 Å². The van der Waals surface area contributed by atoms with Gasteiger partial charge in [-0.25, -0.2) is 8.78 Å². The highest BCUT2D eigenvalue weighted by Crippen LogP contribution is 2.27. The van der Waals surface area contributed by atoms with E-state index in [0.29, 0.717) is 0 Å². The second-order valence-corrected chi connectivity index (χ2v) is 5.15. The summed E-state index contributed by atoms with van der Waals surface area (Å²) < 4.78 is 26.8. The van der Waals surface area contributed by atoms with E-state index in [4.69, 9.17) is 0 Å². The molecule has 0 amide bonds. The Balaban J connectivity index is 0.00000200. The summed E-state index contributed by atoms with van der Waals surface area (Å²) in [7, 11) is 0. The third-order valence-corrected chi connectivity index (χ3v) is 3.69. The highest BCUT2D eigenvalue weighted by molar-refractivity contribution is 5.85. The second-order valence-electron chi connectivity index (χ2n) is 5.15. The van der Waals surface area contributed by atoms with Crippen LogP contribution in [-0.2, 0) is 0 Å². The number of rotatable bonds is 5. The first-order valence-corrected chi connectivity index (χ1v) is 7.11. The minimum Gasteiger partial charge on any atom is -0.314 e. The minimum atomic E-state index is -0.480. The first-order valence-electron chi connectivity index (χ1n) is 7.11. The zero-order valence-electron chi connectivity index (χ0n) is 11.9. The van der Waals surface area contributed by atoms with E-state index >= 15 is 0 Å². The van der Waals surface area contributed by atoms with Crippen molar-refractivity contribution in [3.8, 4) is 0 Å². The fraction of sp³-hybridized carbons (Fsp3) is 0.600. The van der Waals surface area contributed by atoms with Gasteiger partial charge in [-0.3, -0.25) is 4.90 Å². The summed E-state index contributed by atoms with van der Waals surface area (Å²) in [6.45, 7) is 5.90. The van der Waals surface area contributed by atoms with Gasteiger partial charge in [0.1, 0.15) is 11.6 Å². The van der Waals surface area contributed by atoms with Crippen LogP contribution in [0.3, 0.4) is 0 Å². The third kappa shape index (κ3) is 4.69. The zero-order valence-corrected chi connectivity index (χ0v) is 12.7. The van der Waals surface area contributed by atoms with Crippen LogP contribution < -0.4 is 5.32 Å². The lowest BCUT2D eigenvalue weighted by Crippen LogP contribution is -2.45. The topological polar surface area (TPSA) is 15.3 Å². The number of unbranched alkanes of at least 4 members (excludes halogenated alkanes) is 1. The molecule has 5 heteroatoms. The molecular weight excluding hydrogens is 282 g/mol. The molecule has 1 N–H and O–H groups in total. The molecule has 1 aliphatic heterocycles. The molecule has 2 rings (SSSR count). The Morgan fingerprint density at radius 1 is 1.15 bits per heavy atom. The lowest BCUT2D eigenvalue weighted by atomic mass is 9.98. The number of halogens is 3. The van der Waals surface area contributed by atoms with Gasteiger partial charge in [0.25, 0.3) is 0 Å². The first kappa shape index (κ1) is 17.3. The van der Waals surface area contributed by atoms with Crippen LogP contribution in [0.2, 0.25) is 0 Å². The van der Waals surface area contributed by atoms with E-state index < -0.39 is 11.6 Å². The molecular formula is C15H23ClF2N2. The van der Waals surface area contributed by atoms with Crippen LogP contribution in [0.25, 0.3) is 0 Å². The normalized spacial score (nSPS) is 17.6. The molecule has 0 aliphatic carbocycles. The number of benzene rings is 1. The lowest BCUT2D eigenvalue weighted by molar-refractivity contribution is 0.162. The van der Waals surface area contributed by atoms with Crippen molar-refractivity contribution in [1.29, 1.82) is 0 Å². The smallest absolute Gasteiger partial charge is 0.126 e. The molecule has 114 valence electrons. The van der Waals surface area contributed by atoms with Crippen LogP contribution in [0.4, 0.5) is 8.78 Å². The maximum Gasteiger partial charge on any atom is 0.126 e. The molecule has 1 aromatic rings. The summed E-state index contributed by atoms with van der Waals surface area (Å²) in [5.74, 6) is -0.960. The molecule has 1 atom stereocenters. The Bertz CT molecular complexity index is 389. The van der Waals surface area contributed by atoms with Crippen molar-refractivity contribution < 1.29 is 8.78 Å². The highest BCUT2D eigenvalue weighted by atomic mass is 35.5. The Morgan fingerprint density at radius 2 is 1.75 bits per heavy atom. The monoisotopic (exact) mass is 304 g/mol. The van der Waals surface area contributed by atoms with E-state index in [9.17, 15) is 8.78 Å². The average molecular weight is 305 g/mol. The van der Waals surface area contributed by atoms with Gasteiger partial charge in [-0.2, -0.15) is 0 Å². The molecule has 1 aliphatic rings. The van der Waals surface area contributed by atoms with Crippen molar-refractivity contribution >= 4 is 12.4 Å². The molecule has 1 fully saturated rings. The standard InChI is InChI=1S/C15H22F2N2.ClH/c1-2-3-4-15(19-7-5-18-6-8-19)12-9-13(16)11-14(17)10-12;/h9-11,15,18H,2-8H2,1H3;1H/t15-;/m0./s1. The fourth-order valence-electron chi connectivity index (χ4n) is 2.72. The lowest BCUT2D eigenvalue weighted by Gasteiger charge is -2.35. The maximum atomic E-state index is 13.4. The van der Waals surface area contributed by atoms with Crippen molar-refractivity contribution in [2.45, 2.75) is 32.2 Å². The number of nitrogens with one attached hydrogen (secondary N) is 1. The molecule has 1 heterocycles. The van der Waals surface area contributed by atoms with E-state index in [1.165, 1.54) is 12.1 Å². The Kier molecular flexibility index (Phi) is 7.41. The largest absolute Gasteiger partial charge is 0.314 e. The molecule has 0 spiro atoms. The van der Waals surface area contributed by atoms with Crippen LogP contribution >= 0.6 is 12.4 Å². The summed E-state index contributed by atoms with van der Waals surface area (Å²) in [6, 6.07) is 4.03. The predicted molar refractivity (Wildman–Crippen MR) is 80.3 cm³/mol. The van der Waals surface area contributed by atoms with Crippen LogP contribution in [0.5, 0.6) is 0 Å². The highest BCUT2D eigenvalue weighted by Gasteiger charge is 2.22. The van der Waals surface area contributed by atoms with Gasteiger partial charge in [0.15, 0.2) is 0 Å². The Morgan fingerprint density at radius 3 is 2.30 bits per heavy atom. The Hall–Kier alpha value is -0.710. The maximum absolute atomic E-state index is 13.4. The van der Waals surface area contributed by atoms with Gasteiger partial charge in [-0.05, 0) is 24.1 Å². The van der Waals surface area contributed by atoms with Crippen molar-refractivity contribution in [2.75, 3.05) is 26.2 Å². The molecule has 1 aromatic carbocycles. The quantitative estimate of drug-likeness (QED) is 0.895. The van der Waals surface area contributed by atoms with Crippen LogP contribution in [-0.4, -0.2) is 31.1 Å². The van der Waals surface area contributed by atoms with Gasteiger partial charge < -0.3 is 5.32 Å². The van der Waals surface area contributed by atoms with E-state index in [1.807, 2.05) is 0 Å². The van der Waals surface area contributed by atoms with Crippen molar-refractivity contribution in [1.82, 2.24) is 10.2 Å². The van der Waals surface area contributed by atoms with Crippen LogP contribution in [0.15, 0.2) is 18.2 Å². The number of hydrogen-bond acceptors (Lipinski definition) is 2. The first-order chi connectivity index (χ1) is 9.20. The molecule has 1 saturated heterocycles. The number of nitrogens with zero attached hydrogens (tertiary/aromatic N) is 1. The van der Waals surface area contributed by atoms with Gasteiger partial charge in [0.2, 0.25) is 0 Å². The Labute approximate surface area is 126 Å². The van der Waals surface area contributed by atoms with E-state index in [0.717, 1.165) is 57.1 Å². The SMILES string of the molecule is CCCC[C@@H](c1cc(F)cc(F)c1)N1CCNCC1.Cl. The second kappa shape index (κ2) is 8.55.